The number of hydrogen-bond donors (Lipinski definition) is 0. The Hall–Kier alpha value is -1.05. The van der Waals surface area contributed by atoms with Crippen LogP contribution in [0.2, 0.25) is 6.04 Å². The lowest BCUT2D eigenvalue weighted by molar-refractivity contribution is -0.433. The predicted octanol–water partition coefficient (Wildman–Crippen LogP) is 5.86. The Morgan fingerprint density at radius 2 is 0.909 bits per heavy atom. The van der Waals surface area contributed by atoms with Crippen LogP contribution in [0.25, 0.3) is 0 Å². The van der Waals surface area contributed by atoms with E-state index in [1.54, 1.807) is 0 Å². The Morgan fingerprint density at radius 3 is 1.21 bits per heavy atom. The minimum atomic E-state index is -8.38. The largest absolute Gasteiger partial charge is 0.397 e. The summed E-state index contributed by atoms with van der Waals surface area (Å²) in [5.41, 5.74) is 0. The van der Waals surface area contributed by atoms with Crippen molar-refractivity contribution in [1.29, 1.82) is 0 Å². The van der Waals surface area contributed by atoms with E-state index >= 15 is 0 Å². The monoisotopic (exact) mass is 551 g/mol. The first-order valence-electron chi connectivity index (χ1n) is 7.84. The van der Waals surface area contributed by atoms with Crippen molar-refractivity contribution in [3.63, 3.8) is 0 Å². The summed E-state index contributed by atoms with van der Waals surface area (Å²) in [6.07, 6.45) is -20.2. The highest BCUT2D eigenvalue weighted by atomic mass is 28.3. The molecule has 3 atom stereocenters. The van der Waals surface area contributed by atoms with E-state index in [0.29, 0.717) is 14.2 Å². The minimum absolute atomic E-state index is 0.622. The van der Waals surface area contributed by atoms with Crippen molar-refractivity contribution in [2.75, 3.05) is 14.2 Å². The zero-order valence-electron chi connectivity index (χ0n) is 15.8. The van der Waals surface area contributed by atoms with Gasteiger partial charge in [-0.15, -0.1) is 0 Å². The van der Waals surface area contributed by atoms with Crippen LogP contribution in [0.4, 0.5) is 74.6 Å². The molecule has 20 heteroatoms. The molecule has 0 saturated heterocycles. The molecule has 0 aromatic rings. The molecular formula is C13H12F17O2Si. The summed E-state index contributed by atoms with van der Waals surface area (Å²) in [7, 11) is -2.03. The molecule has 0 bridgehead atoms. The SMILES string of the molecule is CO[Si](CC(F)C(F)(F)C(F)(F)C(F)(F)C(F)(F)C(F)(F)C(F)(F)C(F)C(F)C(F)F)OC. The molecule has 0 heterocycles. The topological polar surface area (TPSA) is 18.5 Å². The molecule has 0 aliphatic heterocycles. The van der Waals surface area contributed by atoms with E-state index in [0.717, 1.165) is 0 Å². The molecule has 0 fully saturated rings. The maximum absolute atomic E-state index is 13.6. The first-order chi connectivity index (χ1) is 14.4. The van der Waals surface area contributed by atoms with Crippen LogP contribution in [0.15, 0.2) is 0 Å². The van der Waals surface area contributed by atoms with Gasteiger partial charge in [-0.25, -0.2) is 22.0 Å². The van der Waals surface area contributed by atoms with Gasteiger partial charge >= 0.3 is 44.8 Å². The molecule has 0 aliphatic carbocycles. The molecule has 0 spiro atoms. The lowest BCUT2D eigenvalue weighted by Gasteiger charge is -2.42. The molecule has 2 nitrogen and oxygen atoms in total. The molecule has 0 aromatic heterocycles. The second kappa shape index (κ2) is 9.90. The first kappa shape index (κ1) is 31.9. The summed E-state index contributed by atoms with van der Waals surface area (Å²) < 4.78 is 234. The summed E-state index contributed by atoms with van der Waals surface area (Å²) in [4.78, 5) is 0. The maximum atomic E-state index is 13.6. The second-order valence-corrected chi connectivity index (χ2v) is 8.14. The molecule has 0 rings (SSSR count). The molecule has 0 aromatic carbocycles. The maximum Gasteiger partial charge on any atom is 0.387 e. The van der Waals surface area contributed by atoms with Crippen LogP contribution < -0.4 is 0 Å². The molecule has 0 amide bonds. The molecule has 33 heavy (non-hydrogen) atoms. The van der Waals surface area contributed by atoms with Gasteiger partial charge in [-0.3, -0.25) is 0 Å². The average molecular weight is 551 g/mol. The Labute approximate surface area is 174 Å². The van der Waals surface area contributed by atoms with Gasteiger partial charge in [0, 0.05) is 20.3 Å². The molecule has 199 valence electrons. The van der Waals surface area contributed by atoms with Crippen molar-refractivity contribution in [3.8, 4) is 0 Å². The number of halogens is 17. The van der Waals surface area contributed by atoms with E-state index in [4.69, 9.17) is 0 Å². The van der Waals surface area contributed by atoms with Crippen molar-refractivity contribution in [2.24, 2.45) is 0 Å². The van der Waals surface area contributed by atoms with Gasteiger partial charge in [-0.2, -0.15) is 52.7 Å². The predicted molar refractivity (Wildman–Crippen MR) is 75.0 cm³/mol. The summed E-state index contributed by atoms with van der Waals surface area (Å²) in [5.74, 6) is -47.3. The standard InChI is InChI=1S/C13H12F17O2Si/c1-31-33(32-2)3-4(14)8(19,20)10(23,24)12(27,28)13(29,30)11(25,26)9(21,22)6(16)5(15)7(17)18/h4-7H,3H2,1-2H3. The van der Waals surface area contributed by atoms with Crippen molar-refractivity contribution in [1.82, 2.24) is 0 Å². The van der Waals surface area contributed by atoms with Crippen molar-refractivity contribution in [2.45, 2.75) is 66.5 Å². The van der Waals surface area contributed by atoms with Gasteiger partial charge in [0.15, 0.2) is 12.3 Å². The van der Waals surface area contributed by atoms with E-state index in [1.165, 1.54) is 0 Å². The summed E-state index contributed by atoms with van der Waals surface area (Å²) in [6.45, 7) is 0. The summed E-state index contributed by atoms with van der Waals surface area (Å²) >= 11 is 0. The first-order valence-corrected chi connectivity index (χ1v) is 9.36. The number of hydrogen-bond acceptors (Lipinski definition) is 2. The molecular weight excluding hydrogens is 539 g/mol. The van der Waals surface area contributed by atoms with Crippen molar-refractivity contribution in [3.05, 3.63) is 0 Å². The van der Waals surface area contributed by atoms with Crippen LogP contribution in [0.5, 0.6) is 0 Å². The van der Waals surface area contributed by atoms with Crippen molar-refractivity contribution < 1.29 is 83.5 Å². The highest BCUT2D eigenvalue weighted by Crippen LogP contribution is 2.61. The lowest BCUT2D eigenvalue weighted by atomic mass is 9.88. The fourth-order valence-corrected chi connectivity index (χ4v) is 3.08. The Morgan fingerprint density at radius 1 is 0.576 bits per heavy atom. The van der Waals surface area contributed by atoms with Gasteiger partial charge in [0.05, 0.1) is 0 Å². The van der Waals surface area contributed by atoms with E-state index in [9.17, 15) is 74.6 Å². The van der Waals surface area contributed by atoms with Crippen LogP contribution in [0.1, 0.15) is 0 Å². The highest BCUT2D eigenvalue weighted by molar-refractivity contribution is 6.44. The Bertz CT molecular complexity index is 638. The van der Waals surface area contributed by atoms with Crippen LogP contribution in [0, 0.1) is 0 Å². The smallest absolute Gasteiger partial charge is 0.387 e. The zero-order valence-corrected chi connectivity index (χ0v) is 16.8. The van der Waals surface area contributed by atoms with E-state index < -0.39 is 75.8 Å². The van der Waals surface area contributed by atoms with Crippen LogP contribution >= 0.6 is 0 Å². The van der Waals surface area contributed by atoms with E-state index in [2.05, 4.69) is 8.85 Å². The molecule has 1 radical (unpaired) electrons. The number of rotatable bonds is 13. The van der Waals surface area contributed by atoms with E-state index in [1.807, 2.05) is 0 Å². The highest BCUT2D eigenvalue weighted by Gasteiger charge is 2.91. The third-order valence-electron chi connectivity index (χ3n) is 4.08. The number of alkyl halides is 17. The van der Waals surface area contributed by atoms with Crippen LogP contribution in [0.3, 0.4) is 0 Å². The van der Waals surface area contributed by atoms with Gasteiger partial charge in [-0.1, -0.05) is 0 Å². The lowest BCUT2D eigenvalue weighted by Crippen LogP contribution is -2.73. The van der Waals surface area contributed by atoms with Crippen LogP contribution in [-0.4, -0.2) is 84.0 Å². The van der Waals surface area contributed by atoms with Gasteiger partial charge < -0.3 is 8.85 Å². The fraction of sp³-hybridized carbons (Fsp3) is 1.00. The van der Waals surface area contributed by atoms with Gasteiger partial charge in [0.1, 0.15) is 0 Å². The molecule has 3 unspecified atom stereocenters. The second-order valence-electron chi connectivity index (χ2n) is 6.18. The molecule has 0 N–H and O–H groups in total. The quantitative estimate of drug-likeness (QED) is 0.211. The van der Waals surface area contributed by atoms with Crippen LogP contribution in [-0.2, 0) is 8.85 Å². The van der Waals surface area contributed by atoms with Gasteiger partial charge in [0.25, 0.3) is 6.43 Å². The Kier molecular flexibility index (Phi) is 9.58. The normalized spacial score (nSPS) is 18.1. The average Bonchev–Trinajstić information content (AvgIpc) is 2.69. The summed E-state index contributed by atoms with van der Waals surface area (Å²) in [5, 5.41) is 0. The summed E-state index contributed by atoms with van der Waals surface area (Å²) in [6, 6.07) is -2.00. The van der Waals surface area contributed by atoms with Gasteiger partial charge in [0.2, 0.25) is 6.17 Å². The molecule has 0 saturated carbocycles. The van der Waals surface area contributed by atoms with Crippen molar-refractivity contribution >= 4 is 9.28 Å². The Balaban J connectivity index is 6.46. The molecule has 0 aliphatic rings. The van der Waals surface area contributed by atoms with E-state index in [-0.39, 0.29) is 0 Å². The zero-order chi connectivity index (χ0) is 27.0. The fourth-order valence-electron chi connectivity index (χ4n) is 2.04. The third-order valence-corrected chi connectivity index (χ3v) is 5.68. The third kappa shape index (κ3) is 5.01. The minimum Gasteiger partial charge on any atom is -0.397 e. The van der Waals surface area contributed by atoms with Gasteiger partial charge in [-0.05, 0) is 0 Å².